The maximum Gasteiger partial charge on any atom is 0.408 e. The third-order valence-corrected chi connectivity index (χ3v) is 7.41. The van der Waals surface area contributed by atoms with Crippen molar-refractivity contribution >= 4 is 52.8 Å². The maximum absolute atomic E-state index is 13.8. The number of benzene rings is 2. The van der Waals surface area contributed by atoms with Gasteiger partial charge in [-0.05, 0) is 97.3 Å². The van der Waals surface area contributed by atoms with Gasteiger partial charge in [0.15, 0.2) is 5.82 Å². The lowest BCUT2D eigenvalue weighted by atomic mass is 10.00. The standard InChI is InChI=1S/C17H22ClFN2O3.C11H18O4.C6H5ClFN/c1-17(2,3)24-16(23)21-14(10-7-8-10)15(22)20-9-11-5-4-6-12(18)13(11)19;1-11(2,3)15-9(12)6-8(10(13)14)7-4-5-7;7-4-2-1-3-5(9)6(4)8/h4-6,10,14H,7-9H2,1-3H3,(H,20,22)(H,21,23);7-8H,4-6H2,1-3H3,(H,13,14);1-3H,9H2/t14-;8-;/m01./s1. The molecule has 0 saturated heterocycles. The summed E-state index contributed by atoms with van der Waals surface area (Å²) in [4.78, 5) is 46.5. The Morgan fingerprint density at radius 1 is 0.875 bits per heavy atom. The Morgan fingerprint density at radius 2 is 1.40 bits per heavy atom. The lowest BCUT2D eigenvalue weighted by molar-refractivity contribution is -0.160. The van der Waals surface area contributed by atoms with E-state index < -0.39 is 52.8 Å². The second-order valence-corrected chi connectivity index (χ2v) is 14.4. The van der Waals surface area contributed by atoms with Gasteiger partial charge in [0, 0.05) is 12.1 Å². The minimum atomic E-state index is -0.886. The quantitative estimate of drug-likeness (QED) is 0.156. The number of ether oxygens (including phenoxy) is 2. The second kappa shape index (κ2) is 17.7. The Labute approximate surface area is 290 Å². The van der Waals surface area contributed by atoms with Crippen molar-refractivity contribution in [2.75, 3.05) is 5.73 Å². The van der Waals surface area contributed by atoms with Gasteiger partial charge in [0.05, 0.1) is 28.1 Å². The number of halogens is 4. The first-order chi connectivity index (χ1) is 22.2. The van der Waals surface area contributed by atoms with E-state index >= 15 is 0 Å². The summed E-state index contributed by atoms with van der Waals surface area (Å²) < 4.78 is 36.6. The van der Waals surface area contributed by atoms with Crippen molar-refractivity contribution in [1.82, 2.24) is 10.6 Å². The minimum absolute atomic E-state index is 0.00271. The van der Waals surface area contributed by atoms with Crippen LogP contribution in [0.2, 0.25) is 10.0 Å². The summed E-state index contributed by atoms with van der Waals surface area (Å²) in [6, 6.07) is 8.44. The van der Waals surface area contributed by atoms with E-state index in [1.807, 2.05) is 0 Å². The molecular weight excluding hydrogens is 671 g/mol. The fourth-order valence-corrected chi connectivity index (χ4v) is 4.65. The predicted octanol–water partition coefficient (Wildman–Crippen LogP) is 7.29. The van der Waals surface area contributed by atoms with Crippen LogP contribution in [0, 0.1) is 29.4 Å². The molecule has 4 rings (SSSR count). The zero-order valence-corrected chi connectivity index (χ0v) is 29.5. The molecule has 14 heteroatoms. The Balaban J connectivity index is 0.000000282. The van der Waals surface area contributed by atoms with Gasteiger partial charge in [-0.1, -0.05) is 41.4 Å². The van der Waals surface area contributed by atoms with Crippen molar-refractivity contribution < 1.29 is 42.5 Å². The third-order valence-electron chi connectivity index (χ3n) is 6.83. The molecule has 0 spiro atoms. The number of aliphatic carboxylic acids is 1. The van der Waals surface area contributed by atoms with Crippen LogP contribution in [0.15, 0.2) is 36.4 Å². The molecule has 2 aliphatic carbocycles. The number of anilines is 1. The molecule has 0 unspecified atom stereocenters. The van der Waals surface area contributed by atoms with Gasteiger partial charge in [-0.25, -0.2) is 13.6 Å². The van der Waals surface area contributed by atoms with Gasteiger partial charge in [-0.2, -0.15) is 0 Å². The normalized spacial score (nSPS) is 15.3. The summed E-state index contributed by atoms with van der Waals surface area (Å²) in [5.41, 5.74) is 4.36. The number of carboxylic acid groups (broad SMARTS) is 1. The molecule has 0 heterocycles. The topological polar surface area (TPSA) is 157 Å². The molecule has 5 N–H and O–H groups in total. The van der Waals surface area contributed by atoms with Gasteiger partial charge in [-0.15, -0.1) is 0 Å². The number of rotatable bonds is 9. The summed E-state index contributed by atoms with van der Waals surface area (Å²) in [6.45, 7) is 10.6. The summed E-state index contributed by atoms with van der Waals surface area (Å²) in [6.07, 6.45) is 2.92. The molecule has 2 aromatic rings. The number of carbonyl (C=O) groups is 4. The molecule has 2 aromatic carbocycles. The average molecular weight is 717 g/mol. The van der Waals surface area contributed by atoms with E-state index in [2.05, 4.69) is 10.6 Å². The van der Waals surface area contributed by atoms with Crippen molar-refractivity contribution in [3.63, 3.8) is 0 Å². The summed E-state index contributed by atoms with van der Waals surface area (Å²) in [7, 11) is 0. The van der Waals surface area contributed by atoms with Gasteiger partial charge >= 0.3 is 18.0 Å². The van der Waals surface area contributed by atoms with Crippen LogP contribution in [0.4, 0.5) is 19.3 Å². The molecule has 10 nitrogen and oxygen atoms in total. The van der Waals surface area contributed by atoms with Gasteiger partial charge in [0.25, 0.3) is 0 Å². The van der Waals surface area contributed by atoms with E-state index in [0.717, 1.165) is 25.7 Å². The highest BCUT2D eigenvalue weighted by molar-refractivity contribution is 6.31. The minimum Gasteiger partial charge on any atom is -0.481 e. The van der Waals surface area contributed by atoms with Crippen molar-refractivity contribution in [2.45, 2.75) is 97.4 Å². The molecule has 0 aromatic heterocycles. The first kappa shape index (κ1) is 40.5. The lowest BCUT2D eigenvalue weighted by Gasteiger charge is -2.23. The van der Waals surface area contributed by atoms with E-state index in [1.165, 1.54) is 18.2 Å². The van der Waals surface area contributed by atoms with Gasteiger partial charge < -0.3 is 30.9 Å². The van der Waals surface area contributed by atoms with E-state index in [1.54, 1.807) is 59.7 Å². The number of hydrogen-bond acceptors (Lipinski definition) is 7. The SMILES string of the molecule is CC(C)(C)OC(=O)C[C@@H](C(=O)O)C1CC1.CC(C)(C)OC(=O)N[C@H](C(=O)NCc1cccc(Cl)c1F)C1CC1.Nc1cccc(Cl)c1F. The molecule has 0 bridgehead atoms. The average Bonchev–Trinajstić information content (AvgIpc) is 3.87. The van der Waals surface area contributed by atoms with E-state index in [4.69, 9.17) is 43.5 Å². The molecule has 48 heavy (non-hydrogen) atoms. The van der Waals surface area contributed by atoms with Crippen LogP contribution in [0.3, 0.4) is 0 Å². The van der Waals surface area contributed by atoms with E-state index in [0.29, 0.717) is 5.56 Å². The molecule has 266 valence electrons. The number of carbonyl (C=O) groups excluding carboxylic acids is 3. The number of esters is 1. The monoisotopic (exact) mass is 715 g/mol. The zero-order chi connectivity index (χ0) is 36.4. The van der Waals surface area contributed by atoms with Crippen molar-refractivity contribution in [3.8, 4) is 0 Å². The smallest absolute Gasteiger partial charge is 0.408 e. The molecule has 2 fully saturated rings. The van der Waals surface area contributed by atoms with Gasteiger partial charge in [0.1, 0.15) is 23.1 Å². The Hall–Kier alpha value is -3.64. The first-order valence-corrected chi connectivity index (χ1v) is 16.3. The van der Waals surface area contributed by atoms with Crippen LogP contribution in [-0.2, 0) is 30.4 Å². The first-order valence-electron chi connectivity index (χ1n) is 15.5. The molecule has 2 aliphatic rings. The molecular formula is C34H45Cl2F2N3O7. The molecule has 2 saturated carbocycles. The number of hydrogen-bond donors (Lipinski definition) is 4. The number of amides is 2. The number of nitrogens with two attached hydrogens (primary N) is 1. The highest BCUT2D eigenvalue weighted by atomic mass is 35.5. The maximum atomic E-state index is 13.8. The van der Waals surface area contributed by atoms with Crippen LogP contribution >= 0.6 is 23.2 Å². The van der Waals surface area contributed by atoms with E-state index in [-0.39, 0.29) is 46.4 Å². The van der Waals surface area contributed by atoms with Crippen molar-refractivity contribution in [2.24, 2.45) is 17.8 Å². The van der Waals surface area contributed by atoms with E-state index in [9.17, 15) is 28.0 Å². The highest BCUT2D eigenvalue weighted by Crippen LogP contribution is 2.39. The predicted molar refractivity (Wildman–Crippen MR) is 179 cm³/mol. The number of nitrogens with one attached hydrogen (secondary N) is 2. The van der Waals surface area contributed by atoms with Crippen molar-refractivity contribution in [3.05, 3.63) is 63.6 Å². The molecule has 0 aliphatic heterocycles. The Kier molecular flexibility index (Phi) is 14.9. The highest BCUT2D eigenvalue weighted by Gasteiger charge is 2.39. The Morgan fingerprint density at radius 3 is 1.85 bits per heavy atom. The largest absolute Gasteiger partial charge is 0.481 e. The number of carboxylic acids is 1. The summed E-state index contributed by atoms with van der Waals surface area (Å²) in [5, 5.41) is 14.2. The lowest BCUT2D eigenvalue weighted by Crippen LogP contribution is -2.49. The van der Waals surface area contributed by atoms with Gasteiger partial charge in [0.2, 0.25) is 5.91 Å². The number of nitrogen functional groups attached to an aromatic ring is 1. The third kappa shape index (κ3) is 15.1. The fraction of sp³-hybridized carbons (Fsp3) is 0.529. The molecule has 0 radical (unpaired) electrons. The Bertz CT molecular complexity index is 1420. The van der Waals surface area contributed by atoms with Crippen LogP contribution in [0.25, 0.3) is 0 Å². The van der Waals surface area contributed by atoms with Crippen molar-refractivity contribution in [1.29, 1.82) is 0 Å². The van der Waals surface area contributed by atoms with Crippen LogP contribution in [0.5, 0.6) is 0 Å². The summed E-state index contributed by atoms with van der Waals surface area (Å²) >= 11 is 11.1. The molecule has 2 atom stereocenters. The number of alkyl carbamates (subject to hydrolysis) is 1. The van der Waals surface area contributed by atoms with Gasteiger partial charge in [-0.3, -0.25) is 14.4 Å². The molecule has 2 amide bonds. The zero-order valence-electron chi connectivity index (χ0n) is 28.0. The second-order valence-electron chi connectivity index (χ2n) is 13.6. The van der Waals surface area contributed by atoms with Crippen LogP contribution in [0.1, 0.15) is 79.2 Å². The fourth-order valence-electron chi connectivity index (χ4n) is 4.28. The van der Waals surface area contributed by atoms with Crippen LogP contribution < -0.4 is 16.4 Å². The van der Waals surface area contributed by atoms with Crippen LogP contribution in [-0.4, -0.2) is 46.3 Å². The summed E-state index contributed by atoms with van der Waals surface area (Å²) in [5.74, 6) is -3.05.